The van der Waals surface area contributed by atoms with E-state index >= 15 is 0 Å². The Bertz CT molecular complexity index is 579. The van der Waals surface area contributed by atoms with E-state index in [0.29, 0.717) is 17.4 Å². The third-order valence-electron chi connectivity index (χ3n) is 2.98. The van der Waals surface area contributed by atoms with Crippen molar-refractivity contribution in [2.45, 2.75) is 32.9 Å². The number of nitrogens with two attached hydrogens (primary N) is 2. The lowest BCUT2D eigenvalue weighted by Crippen LogP contribution is -2.25. The van der Waals surface area contributed by atoms with Gasteiger partial charge < -0.3 is 11.5 Å². The van der Waals surface area contributed by atoms with Gasteiger partial charge in [0.2, 0.25) is 0 Å². The summed E-state index contributed by atoms with van der Waals surface area (Å²) in [5.74, 6) is 0.625. The average molecular weight is 279 g/mol. The van der Waals surface area contributed by atoms with Gasteiger partial charge in [-0.1, -0.05) is 23.7 Å². The van der Waals surface area contributed by atoms with E-state index < -0.39 is 0 Å². The Morgan fingerprint density at radius 2 is 1.79 bits per heavy atom. The monoisotopic (exact) mass is 278 g/mol. The number of nitrogen functional groups attached to an aromatic ring is 1. The van der Waals surface area contributed by atoms with Gasteiger partial charge in [0.1, 0.15) is 5.82 Å². The molecule has 2 rings (SSSR count). The Morgan fingerprint density at radius 1 is 1.21 bits per heavy atom. The van der Waals surface area contributed by atoms with Crippen molar-refractivity contribution in [1.29, 1.82) is 0 Å². The van der Waals surface area contributed by atoms with Gasteiger partial charge in [0.05, 0.1) is 11.2 Å². The fraction of sp³-hybridized carbons (Fsp3) is 0.357. The van der Waals surface area contributed by atoms with E-state index in [2.05, 4.69) is 25.9 Å². The molecule has 102 valence electrons. The summed E-state index contributed by atoms with van der Waals surface area (Å²) in [6.07, 6.45) is 0. The molecule has 2 aromatic rings. The van der Waals surface area contributed by atoms with E-state index in [9.17, 15) is 0 Å². The first-order chi connectivity index (χ1) is 8.84. The maximum Gasteiger partial charge on any atom is 0.127 e. The van der Waals surface area contributed by atoms with Crippen LogP contribution in [0.15, 0.2) is 24.3 Å². The molecule has 0 spiro atoms. The van der Waals surface area contributed by atoms with E-state index in [1.807, 2.05) is 28.9 Å². The minimum atomic E-state index is -0.182. The molecule has 4 N–H and O–H groups in total. The molecule has 0 aliphatic heterocycles. The van der Waals surface area contributed by atoms with Crippen molar-refractivity contribution in [3.05, 3.63) is 34.9 Å². The van der Waals surface area contributed by atoms with Gasteiger partial charge in [0.25, 0.3) is 0 Å². The van der Waals surface area contributed by atoms with Crippen molar-refractivity contribution in [3.8, 4) is 11.3 Å². The number of hydrogen-bond donors (Lipinski definition) is 2. The van der Waals surface area contributed by atoms with Crippen LogP contribution in [0.2, 0.25) is 5.02 Å². The zero-order chi connectivity index (χ0) is 14.2. The SMILES string of the molecule is CC(C)(C)n1nc(-c2ccc(Cl)cc2)c(CN)c1N. The zero-order valence-electron chi connectivity index (χ0n) is 11.4. The fourth-order valence-electron chi connectivity index (χ4n) is 2.02. The van der Waals surface area contributed by atoms with Gasteiger partial charge in [-0.2, -0.15) is 5.10 Å². The molecule has 19 heavy (non-hydrogen) atoms. The van der Waals surface area contributed by atoms with Crippen LogP contribution in [0.5, 0.6) is 0 Å². The number of halogens is 1. The summed E-state index contributed by atoms with van der Waals surface area (Å²) in [5.41, 5.74) is 14.5. The first-order valence-electron chi connectivity index (χ1n) is 6.18. The van der Waals surface area contributed by atoms with E-state index in [-0.39, 0.29) is 5.54 Å². The lowest BCUT2D eigenvalue weighted by atomic mass is 10.1. The third kappa shape index (κ3) is 2.60. The summed E-state index contributed by atoms with van der Waals surface area (Å²) < 4.78 is 1.82. The largest absolute Gasteiger partial charge is 0.384 e. The second-order valence-electron chi connectivity index (χ2n) is 5.51. The molecule has 0 atom stereocenters. The second kappa shape index (κ2) is 4.87. The Hall–Kier alpha value is -1.52. The number of rotatable bonds is 2. The highest BCUT2D eigenvalue weighted by atomic mass is 35.5. The van der Waals surface area contributed by atoms with Crippen molar-refractivity contribution < 1.29 is 0 Å². The first-order valence-corrected chi connectivity index (χ1v) is 6.56. The molecule has 1 aromatic heterocycles. The zero-order valence-corrected chi connectivity index (χ0v) is 12.2. The van der Waals surface area contributed by atoms with E-state index in [0.717, 1.165) is 16.8 Å². The third-order valence-corrected chi connectivity index (χ3v) is 3.23. The Kier molecular flexibility index (Phi) is 3.56. The van der Waals surface area contributed by atoms with Gasteiger partial charge in [-0.3, -0.25) is 0 Å². The summed E-state index contributed by atoms with van der Waals surface area (Å²) in [4.78, 5) is 0. The lowest BCUT2D eigenvalue weighted by molar-refractivity contribution is 0.362. The molecule has 4 nitrogen and oxygen atoms in total. The van der Waals surface area contributed by atoms with E-state index in [1.54, 1.807) is 0 Å². The molecule has 0 saturated heterocycles. The highest BCUT2D eigenvalue weighted by Gasteiger charge is 2.23. The van der Waals surface area contributed by atoms with Crippen LogP contribution in [0, 0.1) is 0 Å². The molecule has 0 radical (unpaired) electrons. The number of anilines is 1. The number of benzene rings is 1. The van der Waals surface area contributed by atoms with Gasteiger partial charge in [-0.15, -0.1) is 0 Å². The van der Waals surface area contributed by atoms with Gasteiger partial charge >= 0.3 is 0 Å². The smallest absolute Gasteiger partial charge is 0.127 e. The summed E-state index contributed by atoms with van der Waals surface area (Å²) in [6, 6.07) is 7.53. The van der Waals surface area contributed by atoms with Gasteiger partial charge in [-0.05, 0) is 32.9 Å². The minimum Gasteiger partial charge on any atom is -0.384 e. The highest BCUT2D eigenvalue weighted by molar-refractivity contribution is 6.30. The number of aromatic nitrogens is 2. The molecule has 0 aliphatic rings. The molecular weight excluding hydrogens is 260 g/mol. The first kappa shape index (κ1) is 13.9. The van der Waals surface area contributed by atoms with Gasteiger partial charge in [0.15, 0.2) is 0 Å². The summed E-state index contributed by atoms with van der Waals surface area (Å²) in [7, 11) is 0. The van der Waals surface area contributed by atoms with Crippen molar-refractivity contribution in [1.82, 2.24) is 9.78 Å². The summed E-state index contributed by atoms with van der Waals surface area (Å²) in [5, 5.41) is 5.32. The Labute approximate surface area is 118 Å². The van der Waals surface area contributed by atoms with Gasteiger partial charge in [-0.25, -0.2) is 4.68 Å². The van der Waals surface area contributed by atoms with Crippen LogP contribution in [-0.2, 0) is 12.1 Å². The maximum atomic E-state index is 6.16. The molecule has 1 aromatic carbocycles. The van der Waals surface area contributed by atoms with Crippen LogP contribution >= 0.6 is 11.6 Å². The molecule has 5 heteroatoms. The molecule has 0 fully saturated rings. The summed E-state index contributed by atoms with van der Waals surface area (Å²) >= 11 is 5.91. The standard InChI is InChI=1S/C14H19ClN4/c1-14(2,3)19-13(17)11(8-16)12(18-19)9-4-6-10(15)7-5-9/h4-7H,8,16-17H2,1-3H3. The predicted molar refractivity (Wildman–Crippen MR) is 80.0 cm³/mol. The van der Waals surface area contributed by atoms with E-state index in [1.165, 1.54) is 0 Å². The van der Waals surface area contributed by atoms with Crippen LogP contribution in [0.25, 0.3) is 11.3 Å². The minimum absolute atomic E-state index is 0.182. The van der Waals surface area contributed by atoms with E-state index in [4.69, 9.17) is 23.1 Å². The Balaban J connectivity index is 2.60. The summed E-state index contributed by atoms with van der Waals surface area (Å²) in [6.45, 7) is 6.53. The molecule has 0 unspecified atom stereocenters. The quantitative estimate of drug-likeness (QED) is 0.887. The highest BCUT2D eigenvalue weighted by Crippen LogP contribution is 2.31. The second-order valence-corrected chi connectivity index (χ2v) is 5.94. The number of nitrogens with zero attached hydrogens (tertiary/aromatic N) is 2. The van der Waals surface area contributed by atoms with Crippen LogP contribution in [-0.4, -0.2) is 9.78 Å². The van der Waals surface area contributed by atoms with Crippen molar-refractivity contribution in [2.75, 3.05) is 5.73 Å². The maximum absolute atomic E-state index is 6.16. The van der Waals surface area contributed by atoms with Crippen LogP contribution < -0.4 is 11.5 Å². The van der Waals surface area contributed by atoms with Crippen LogP contribution in [0.4, 0.5) is 5.82 Å². The van der Waals surface area contributed by atoms with Gasteiger partial charge in [0, 0.05) is 22.7 Å². The Morgan fingerprint density at radius 3 is 2.26 bits per heavy atom. The van der Waals surface area contributed by atoms with Crippen LogP contribution in [0.1, 0.15) is 26.3 Å². The molecule has 1 heterocycles. The fourth-order valence-corrected chi connectivity index (χ4v) is 2.14. The average Bonchev–Trinajstić information content (AvgIpc) is 2.67. The normalized spacial score (nSPS) is 11.8. The lowest BCUT2D eigenvalue weighted by Gasteiger charge is -2.20. The van der Waals surface area contributed by atoms with Crippen molar-refractivity contribution in [3.63, 3.8) is 0 Å². The topological polar surface area (TPSA) is 69.9 Å². The van der Waals surface area contributed by atoms with Crippen molar-refractivity contribution >= 4 is 17.4 Å². The molecular formula is C14H19ClN4. The molecule has 0 saturated carbocycles. The molecule has 0 bridgehead atoms. The molecule has 0 amide bonds. The molecule has 0 aliphatic carbocycles. The van der Waals surface area contributed by atoms with Crippen LogP contribution in [0.3, 0.4) is 0 Å². The van der Waals surface area contributed by atoms with Crippen molar-refractivity contribution in [2.24, 2.45) is 5.73 Å². The number of hydrogen-bond acceptors (Lipinski definition) is 3. The predicted octanol–water partition coefficient (Wildman–Crippen LogP) is 3.00.